The third kappa shape index (κ3) is 5.04. The molecule has 12 heteroatoms. The van der Waals surface area contributed by atoms with Crippen molar-refractivity contribution < 1.29 is 22.4 Å². The van der Waals surface area contributed by atoms with Gasteiger partial charge in [0.1, 0.15) is 12.1 Å². The summed E-state index contributed by atoms with van der Waals surface area (Å²) in [6, 6.07) is 5.88. The second-order valence-corrected chi connectivity index (χ2v) is 7.61. The lowest BCUT2D eigenvalue weighted by Gasteiger charge is -2.06. The number of aromatic nitrogens is 5. The normalized spacial score (nSPS) is 14.1. The second kappa shape index (κ2) is 8.29. The molecule has 4 rings (SSSR count). The first-order chi connectivity index (χ1) is 14.7. The lowest BCUT2D eigenvalue weighted by atomic mass is 10.2. The van der Waals surface area contributed by atoms with Crippen LogP contribution < -0.4 is 5.32 Å². The number of hydrogen-bond acceptors (Lipinski definition) is 4. The van der Waals surface area contributed by atoms with E-state index >= 15 is 0 Å². The fraction of sp³-hybridized carbons (Fsp3) is 0.368. The van der Waals surface area contributed by atoms with Gasteiger partial charge < -0.3 is 0 Å². The molecule has 0 aliphatic heterocycles. The van der Waals surface area contributed by atoms with E-state index in [1.807, 2.05) is 0 Å². The first-order valence-electron chi connectivity index (χ1n) is 9.48. The molecule has 1 aromatic carbocycles. The van der Waals surface area contributed by atoms with E-state index in [1.165, 1.54) is 27.8 Å². The quantitative estimate of drug-likeness (QED) is 0.539. The molecule has 1 fully saturated rings. The lowest BCUT2D eigenvalue weighted by molar-refractivity contribution is -0.141. The number of alkyl halides is 3. The molecule has 1 amide bonds. The molecule has 1 saturated carbocycles. The third-order valence-corrected chi connectivity index (χ3v) is 5.13. The van der Waals surface area contributed by atoms with Crippen molar-refractivity contribution in [2.45, 2.75) is 44.4 Å². The van der Waals surface area contributed by atoms with Crippen molar-refractivity contribution in [3.63, 3.8) is 0 Å². The van der Waals surface area contributed by atoms with Crippen molar-refractivity contribution >= 4 is 23.5 Å². The molecular weight excluding hydrogens is 440 g/mol. The standard InChI is InChI=1S/C19H17ClF4N6O/c20-15-16(12-3-4-12)30(27-17(15)19(22,23)24)8-7-14(31)26-18-25-10-29(28-18)9-11-1-5-13(21)6-2-11/h1-2,5-6,10,12H,3-4,7-9H2,(H,26,28,31). The molecule has 1 aliphatic carbocycles. The van der Waals surface area contributed by atoms with Gasteiger partial charge in [-0.1, -0.05) is 23.7 Å². The molecule has 0 saturated heterocycles. The number of carbonyl (C=O) groups excluding carboxylic acids is 1. The van der Waals surface area contributed by atoms with Crippen molar-refractivity contribution in [1.82, 2.24) is 24.5 Å². The van der Waals surface area contributed by atoms with Crippen LogP contribution in [0.2, 0.25) is 5.02 Å². The zero-order chi connectivity index (χ0) is 22.2. The van der Waals surface area contributed by atoms with Crippen molar-refractivity contribution in [3.8, 4) is 0 Å². The van der Waals surface area contributed by atoms with E-state index in [-0.39, 0.29) is 30.6 Å². The van der Waals surface area contributed by atoms with Crippen molar-refractivity contribution in [2.75, 3.05) is 5.32 Å². The number of aryl methyl sites for hydroxylation is 1. The number of benzene rings is 1. The highest BCUT2D eigenvalue weighted by molar-refractivity contribution is 6.32. The Bertz CT molecular complexity index is 1090. The van der Waals surface area contributed by atoms with Gasteiger partial charge in [0.15, 0.2) is 5.69 Å². The Morgan fingerprint density at radius 2 is 1.90 bits per heavy atom. The minimum absolute atomic E-state index is 0.0518. The van der Waals surface area contributed by atoms with Gasteiger partial charge in [-0.3, -0.25) is 14.8 Å². The molecule has 3 aromatic rings. The maximum atomic E-state index is 13.1. The van der Waals surface area contributed by atoms with Gasteiger partial charge in [0, 0.05) is 12.3 Å². The predicted molar refractivity (Wildman–Crippen MR) is 103 cm³/mol. The molecule has 0 unspecified atom stereocenters. The summed E-state index contributed by atoms with van der Waals surface area (Å²) in [4.78, 5) is 16.2. The Balaban J connectivity index is 1.37. The van der Waals surface area contributed by atoms with Crippen LogP contribution in [0.3, 0.4) is 0 Å². The van der Waals surface area contributed by atoms with Gasteiger partial charge in [-0.25, -0.2) is 14.1 Å². The van der Waals surface area contributed by atoms with Crippen molar-refractivity contribution in [1.29, 1.82) is 0 Å². The number of amides is 1. The molecule has 0 bridgehead atoms. The average Bonchev–Trinajstić information content (AvgIpc) is 3.34. The monoisotopic (exact) mass is 456 g/mol. The van der Waals surface area contributed by atoms with E-state index in [0.717, 1.165) is 18.4 Å². The van der Waals surface area contributed by atoms with E-state index in [0.29, 0.717) is 12.2 Å². The summed E-state index contributed by atoms with van der Waals surface area (Å²) in [6.07, 6.45) is -1.89. The SMILES string of the molecule is O=C(CCn1nc(C(F)(F)F)c(Cl)c1C1CC1)Nc1ncn(Cc2ccc(F)cc2)n1. The number of carbonyl (C=O) groups is 1. The minimum Gasteiger partial charge on any atom is -0.293 e. The van der Waals surface area contributed by atoms with E-state index in [2.05, 4.69) is 20.5 Å². The number of nitrogens with zero attached hydrogens (tertiary/aromatic N) is 5. The Hall–Kier alpha value is -2.95. The van der Waals surface area contributed by atoms with Crippen molar-refractivity contribution in [3.05, 3.63) is 58.4 Å². The maximum Gasteiger partial charge on any atom is 0.436 e. The fourth-order valence-electron chi connectivity index (χ4n) is 3.15. The van der Waals surface area contributed by atoms with Gasteiger partial charge in [0.2, 0.25) is 11.9 Å². The first kappa shape index (κ1) is 21.3. The maximum absolute atomic E-state index is 13.1. The highest BCUT2D eigenvalue weighted by Crippen LogP contribution is 2.46. The Labute approximate surface area is 179 Å². The van der Waals surface area contributed by atoms with E-state index < -0.39 is 22.8 Å². The molecule has 0 radical (unpaired) electrons. The van der Waals surface area contributed by atoms with Gasteiger partial charge in [-0.15, -0.1) is 5.10 Å². The molecule has 0 spiro atoms. The van der Waals surface area contributed by atoms with Gasteiger partial charge in [-0.05, 0) is 30.5 Å². The summed E-state index contributed by atoms with van der Waals surface area (Å²) in [7, 11) is 0. The number of nitrogens with one attached hydrogen (secondary N) is 1. The van der Waals surface area contributed by atoms with Gasteiger partial charge in [0.05, 0.1) is 23.8 Å². The summed E-state index contributed by atoms with van der Waals surface area (Å²) >= 11 is 5.92. The van der Waals surface area contributed by atoms with Crippen molar-refractivity contribution in [2.24, 2.45) is 0 Å². The Morgan fingerprint density at radius 1 is 1.19 bits per heavy atom. The van der Waals surface area contributed by atoms with Crippen LogP contribution in [0.25, 0.3) is 0 Å². The molecule has 1 aliphatic rings. The lowest BCUT2D eigenvalue weighted by Crippen LogP contribution is -2.17. The summed E-state index contributed by atoms with van der Waals surface area (Å²) < 4.78 is 55.0. The summed E-state index contributed by atoms with van der Waals surface area (Å²) in [5.74, 6) is -0.825. The van der Waals surface area contributed by atoms with Gasteiger partial charge >= 0.3 is 6.18 Å². The summed E-state index contributed by atoms with van der Waals surface area (Å²) in [5.41, 5.74) is -0.00557. The second-order valence-electron chi connectivity index (χ2n) is 7.23. The van der Waals surface area contributed by atoms with Gasteiger partial charge in [0.25, 0.3) is 0 Å². The number of anilines is 1. The van der Waals surface area contributed by atoms with Crippen LogP contribution in [0.15, 0.2) is 30.6 Å². The summed E-state index contributed by atoms with van der Waals surface area (Å²) in [5, 5.41) is 9.83. The molecule has 7 nitrogen and oxygen atoms in total. The highest BCUT2D eigenvalue weighted by atomic mass is 35.5. The average molecular weight is 457 g/mol. The highest BCUT2D eigenvalue weighted by Gasteiger charge is 2.42. The van der Waals surface area contributed by atoms with Crippen LogP contribution in [-0.4, -0.2) is 30.5 Å². The minimum atomic E-state index is -4.66. The molecule has 31 heavy (non-hydrogen) atoms. The van der Waals surface area contributed by atoms with Crippen LogP contribution in [0, 0.1) is 5.82 Å². The van der Waals surface area contributed by atoms with Crippen LogP contribution >= 0.6 is 11.6 Å². The topological polar surface area (TPSA) is 77.6 Å². The van der Waals surface area contributed by atoms with Crippen LogP contribution in [0.1, 0.15) is 42.1 Å². The van der Waals surface area contributed by atoms with Crippen LogP contribution in [0.5, 0.6) is 0 Å². The molecular formula is C19H17ClF4N6O. The largest absolute Gasteiger partial charge is 0.436 e. The first-order valence-corrected chi connectivity index (χ1v) is 9.85. The number of rotatable bonds is 7. The van der Waals surface area contributed by atoms with E-state index in [9.17, 15) is 22.4 Å². The van der Waals surface area contributed by atoms with Gasteiger partial charge in [-0.2, -0.15) is 18.3 Å². The zero-order valence-electron chi connectivity index (χ0n) is 16.0. The smallest absolute Gasteiger partial charge is 0.293 e. The zero-order valence-corrected chi connectivity index (χ0v) is 16.8. The predicted octanol–water partition coefficient (Wildman–Crippen LogP) is 4.24. The van der Waals surface area contributed by atoms with Crippen LogP contribution in [0.4, 0.5) is 23.5 Å². The van der Waals surface area contributed by atoms with Crippen LogP contribution in [-0.2, 0) is 24.1 Å². The molecule has 2 heterocycles. The molecule has 164 valence electrons. The summed E-state index contributed by atoms with van der Waals surface area (Å²) in [6.45, 7) is 0.281. The number of halogens is 5. The molecule has 0 atom stereocenters. The number of hydrogen-bond donors (Lipinski definition) is 1. The van der Waals surface area contributed by atoms with E-state index in [1.54, 1.807) is 12.1 Å². The molecule has 2 aromatic heterocycles. The Morgan fingerprint density at radius 3 is 2.55 bits per heavy atom. The fourth-order valence-corrected chi connectivity index (χ4v) is 3.55. The Kier molecular flexibility index (Phi) is 5.69. The third-order valence-electron chi connectivity index (χ3n) is 4.76. The van der Waals surface area contributed by atoms with E-state index in [4.69, 9.17) is 11.6 Å². The molecule has 1 N–H and O–H groups in total.